The zero-order valence-electron chi connectivity index (χ0n) is 6.40. The highest BCUT2D eigenvalue weighted by atomic mass is 35.5. The van der Waals surface area contributed by atoms with E-state index in [2.05, 4.69) is 4.98 Å². The smallest absolute Gasteiger partial charge is 0.268 e. The van der Waals surface area contributed by atoms with Gasteiger partial charge in [0.15, 0.2) is 5.82 Å². The van der Waals surface area contributed by atoms with E-state index in [9.17, 15) is 13.2 Å². The molecule has 1 heterocycles. The van der Waals surface area contributed by atoms with E-state index in [-0.39, 0.29) is 11.6 Å². The molecular weight excluding hydrogens is 205 g/mol. The van der Waals surface area contributed by atoms with Crippen molar-refractivity contribution in [1.82, 2.24) is 4.98 Å². The standard InChI is InChI=1S/C7H6ClF3N2/c8-1-4-5(7(10)11)6(9)3(12)2-13-4/h2,7H,1,12H2. The zero-order valence-corrected chi connectivity index (χ0v) is 7.15. The maximum Gasteiger partial charge on any atom is 0.268 e. The molecule has 0 fully saturated rings. The molecule has 0 radical (unpaired) electrons. The first-order valence-corrected chi connectivity index (χ1v) is 3.88. The van der Waals surface area contributed by atoms with Crippen molar-refractivity contribution in [3.63, 3.8) is 0 Å². The summed E-state index contributed by atoms with van der Waals surface area (Å²) < 4.78 is 37.5. The van der Waals surface area contributed by atoms with Crippen LogP contribution in [-0.2, 0) is 5.88 Å². The Morgan fingerprint density at radius 1 is 1.54 bits per heavy atom. The summed E-state index contributed by atoms with van der Waals surface area (Å²) in [4.78, 5) is 3.50. The van der Waals surface area contributed by atoms with Crippen LogP contribution in [-0.4, -0.2) is 4.98 Å². The number of rotatable bonds is 2. The molecule has 0 saturated heterocycles. The van der Waals surface area contributed by atoms with Crippen LogP contribution in [0.5, 0.6) is 0 Å². The van der Waals surface area contributed by atoms with E-state index in [1.54, 1.807) is 0 Å². The molecule has 0 atom stereocenters. The number of nitrogen functional groups attached to an aromatic ring is 1. The molecule has 1 aromatic heterocycles. The molecule has 0 amide bonds. The van der Waals surface area contributed by atoms with Gasteiger partial charge >= 0.3 is 0 Å². The molecular formula is C7H6ClF3N2. The summed E-state index contributed by atoms with van der Waals surface area (Å²) in [7, 11) is 0. The van der Waals surface area contributed by atoms with E-state index >= 15 is 0 Å². The number of alkyl halides is 3. The van der Waals surface area contributed by atoms with Crippen molar-refractivity contribution in [2.75, 3.05) is 5.73 Å². The summed E-state index contributed by atoms with van der Waals surface area (Å²) in [6.45, 7) is 0. The van der Waals surface area contributed by atoms with Crippen LogP contribution < -0.4 is 5.73 Å². The molecule has 0 unspecified atom stereocenters. The van der Waals surface area contributed by atoms with Gasteiger partial charge in [0, 0.05) is 0 Å². The quantitative estimate of drug-likeness (QED) is 0.762. The fourth-order valence-corrected chi connectivity index (χ4v) is 1.10. The molecule has 2 N–H and O–H groups in total. The van der Waals surface area contributed by atoms with Gasteiger partial charge in [-0.3, -0.25) is 4.98 Å². The number of pyridine rings is 1. The van der Waals surface area contributed by atoms with Gasteiger partial charge in [-0.2, -0.15) is 0 Å². The van der Waals surface area contributed by atoms with Crippen LogP contribution >= 0.6 is 11.6 Å². The van der Waals surface area contributed by atoms with Gasteiger partial charge in [-0.15, -0.1) is 11.6 Å². The van der Waals surface area contributed by atoms with Crippen molar-refractivity contribution >= 4 is 17.3 Å². The van der Waals surface area contributed by atoms with Gasteiger partial charge in [0.25, 0.3) is 6.43 Å². The second kappa shape index (κ2) is 3.83. The molecule has 1 aromatic rings. The molecule has 0 saturated carbocycles. The Balaban J connectivity index is 3.32. The lowest BCUT2D eigenvalue weighted by molar-refractivity contribution is 0.145. The number of anilines is 1. The Labute approximate surface area is 77.5 Å². The molecule has 2 nitrogen and oxygen atoms in total. The van der Waals surface area contributed by atoms with Crippen LogP contribution in [0.1, 0.15) is 17.7 Å². The van der Waals surface area contributed by atoms with Crippen LogP contribution in [0.4, 0.5) is 18.9 Å². The van der Waals surface area contributed by atoms with Crippen LogP contribution in [0, 0.1) is 5.82 Å². The first-order chi connectivity index (χ1) is 6.07. The molecule has 0 bridgehead atoms. The normalized spacial score (nSPS) is 10.8. The highest BCUT2D eigenvalue weighted by molar-refractivity contribution is 6.17. The minimum atomic E-state index is -2.95. The van der Waals surface area contributed by atoms with Crippen molar-refractivity contribution in [1.29, 1.82) is 0 Å². The summed E-state index contributed by atoms with van der Waals surface area (Å²) in [6, 6.07) is 0. The van der Waals surface area contributed by atoms with Crippen LogP contribution in [0.3, 0.4) is 0 Å². The zero-order chi connectivity index (χ0) is 10.0. The van der Waals surface area contributed by atoms with Gasteiger partial charge < -0.3 is 5.73 Å². The fraction of sp³-hybridized carbons (Fsp3) is 0.286. The first-order valence-electron chi connectivity index (χ1n) is 3.34. The fourth-order valence-electron chi connectivity index (χ4n) is 0.884. The van der Waals surface area contributed by atoms with Crippen LogP contribution in [0.25, 0.3) is 0 Å². The molecule has 0 spiro atoms. The van der Waals surface area contributed by atoms with Gasteiger partial charge in [-0.05, 0) is 0 Å². The Morgan fingerprint density at radius 3 is 2.62 bits per heavy atom. The monoisotopic (exact) mass is 210 g/mol. The average molecular weight is 211 g/mol. The Kier molecular flexibility index (Phi) is 2.98. The topological polar surface area (TPSA) is 38.9 Å². The molecule has 0 aliphatic carbocycles. The number of nitrogens with zero attached hydrogens (tertiary/aromatic N) is 1. The number of nitrogens with two attached hydrogens (primary N) is 1. The number of aromatic nitrogens is 1. The number of hydrogen-bond donors (Lipinski definition) is 1. The van der Waals surface area contributed by atoms with Crippen molar-refractivity contribution in [2.24, 2.45) is 0 Å². The SMILES string of the molecule is Nc1cnc(CCl)c(C(F)F)c1F. The second-order valence-corrected chi connectivity index (χ2v) is 2.59. The van der Waals surface area contributed by atoms with E-state index in [1.165, 1.54) is 0 Å². The highest BCUT2D eigenvalue weighted by Crippen LogP contribution is 2.28. The van der Waals surface area contributed by atoms with E-state index in [4.69, 9.17) is 17.3 Å². The Hall–Kier alpha value is -0.970. The third-order valence-corrected chi connectivity index (χ3v) is 1.76. The molecule has 0 aliphatic heterocycles. The predicted octanol–water partition coefficient (Wildman–Crippen LogP) is 2.48. The molecule has 13 heavy (non-hydrogen) atoms. The lowest BCUT2D eigenvalue weighted by Crippen LogP contribution is -2.04. The summed E-state index contributed by atoms with van der Waals surface area (Å²) in [6.07, 6.45) is -1.98. The molecule has 72 valence electrons. The van der Waals surface area contributed by atoms with Crippen molar-refractivity contribution < 1.29 is 13.2 Å². The third-order valence-electron chi connectivity index (χ3n) is 1.51. The number of hydrogen-bond acceptors (Lipinski definition) is 2. The van der Waals surface area contributed by atoms with E-state index in [0.29, 0.717) is 0 Å². The average Bonchev–Trinajstić information content (AvgIpc) is 2.08. The van der Waals surface area contributed by atoms with Crippen molar-refractivity contribution in [2.45, 2.75) is 12.3 Å². The van der Waals surface area contributed by atoms with Crippen LogP contribution in [0.2, 0.25) is 0 Å². The van der Waals surface area contributed by atoms with E-state index in [1.807, 2.05) is 0 Å². The molecule has 0 aliphatic rings. The Morgan fingerprint density at radius 2 is 2.15 bits per heavy atom. The maximum atomic E-state index is 13.0. The van der Waals surface area contributed by atoms with Gasteiger partial charge in [0.1, 0.15) is 0 Å². The second-order valence-electron chi connectivity index (χ2n) is 2.32. The van der Waals surface area contributed by atoms with Gasteiger partial charge in [-0.25, -0.2) is 13.2 Å². The summed E-state index contributed by atoms with van der Waals surface area (Å²) in [5.74, 6) is -1.41. The molecule has 1 rings (SSSR count). The van der Waals surface area contributed by atoms with E-state index < -0.39 is 23.5 Å². The van der Waals surface area contributed by atoms with Gasteiger partial charge in [-0.1, -0.05) is 0 Å². The lowest BCUT2D eigenvalue weighted by atomic mass is 10.2. The summed E-state index contributed by atoms with van der Waals surface area (Å²) in [5, 5.41) is 0. The van der Waals surface area contributed by atoms with Gasteiger partial charge in [0.05, 0.1) is 29.0 Å². The lowest BCUT2D eigenvalue weighted by Gasteiger charge is -2.07. The third kappa shape index (κ3) is 1.85. The van der Waals surface area contributed by atoms with Crippen molar-refractivity contribution in [3.8, 4) is 0 Å². The van der Waals surface area contributed by atoms with Crippen LogP contribution in [0.15, 0.2) is 6.20 Å². The van der Waals surface area contributed by atoms with Gasteiger partial charge in [0.2, 0.25) is 0 Å². The largest absolute Gasteiger partial charge is 0.395 e. The summed E-state index contributed by atoms with van der Waals surface area (Å²) >= 11 is 5.30. The minimum absolute atomic E-state index is 0.177. The minimum Gasteiger partial charge on any atom is -0.395 e. The molecule has 0 aromatic carbocycles. The highest BCUT2D eigenvalue weighted by Gasteiger charge is 2.20. The predicted molar refractivity (Wildman–Crippen MR) is 43.1 cm³/mol. The molecule has 6 heteroatoms. The first kappa shape index (κ1) is 10.1. The maximum absolute atomic E-state index is 13.0. The summed E-state index contributed by atoms with van der Waals surface area (Å²) in [5.41, 5.74) is 3.68. The number of halogens is 4. The van der Waals surface area contributed by atoms with E-state index in [0.717, 1.165) is 6.20 Å². The van der Waals surface area contributed by atoms with Crippen molar-refractivity contribution in [3.05, 3.63) is 23.3 Å². The Bertz CT molecular complexity index is 317.